The number of rotatable bonds is 7. The average Bonchev–Trinajstić information content (AvgIpc) is 2.44. The maximum atomic E-state index is 13.6. The minimum Gasteiger partial charge on any atom is -0.354 e. The van der Waals surface area contributed by atoms with Crippen molar-refractivity contribution in [3.63, 3.8) is 0 Å². The van der Waals surface area contributed by atoms with Gasteiger partial charge in [-0.2, -0.15) is 0 Å². The van der Waals surface area contributed by atoms with Crippen molar-refractivity contribution in [1.82, 2.24) is 10.6 Å². The summed E-state index contributed by atoms with van der Waals surface area (Å²) in [4.78, 5) is 24.3. The lowest BCUT2D eigenvalue weighted by molar-refractivity contribution is -0.123. The van der Waals surface area contributed by atoms with Gasteiger partial charge >= 0.3 is 0 Å². The molecule has 2 atom stereocenters. The highest BCUT2D eigenvalue weighted by Crippen LogP contribution is 2.09. The van der Waals surface area contributed by atoms with Crippen LogP contribution < -0.4 is 16.4 Å². The minimum absolute atomic E-state index is 0.00851. The number of carbonyl (C=O) groups excluding carboxylic acids is 2. The molecule has 6 heteroatoms. The van der Waals surface area contributed by atoms with Gasteiger partial charge in [0.05, 0.1) is 5.56 Å². The van der Waals surface area contributed by atoms with Crippen molar-refractivity contribution in [2.45, 2.75) is 39.3 Å². The molecule has 22 heavy (non-hydrogen) atoms. The van der Waals surface area contributed by atoms with Crippen LogP contribution in [0.5, 0.6) is 0 Å². The molecule has 2 amide bonds. The lowest BCUT2D eigenvalue weighted by Gasteiger charge is -2.22. The molecule has 0 bridgehead atoms. The molecule has 5 nitrogen and oxygen atoms in total. The molecule has 0 aliphatic rings. The third-order valence-corrected chi connectivity index (χ3v) is 3.25. The molecular formula is C16H24FN3O2. The molecule has 1 aromatic carbocycles. The van der Waals surface area contributed by atoms with E-state index in [4.69, 9.17) is 5.73 Å². The van der Waals surface area contributed by atoms with Crippen molar-refractivity contribution in [3.8, 4) is 0 Å². The number of hydrogen-bond acceptors (Lipinski definition) is 3. The van der Waals surface area contributed by atoms with E-state index in [0.29, 0.717) is 13.0 Å². The van der Waals surface area contributed by atoms with Crippen LogP contribution in [0.3, 0.4) is 0 Å². The van der Waals surface area contributed by atoms with Gasteiger partial charge < -0.3 is 16.4 Å². The van der Waals surface area contributed by atoms with E-state index in [-0.39, 0.29) is 23.4 Å². The summed E-state index contributed by atoms with van der Waals surface area (Å²) in [5, 5.41) is 5.33. The van der Waals surface area contributed by atoms with Crippen LogP contribution in [0.2, 0.25) is 0 Å². The number of halogens is 1. The Morgan fingerprint density at radius 1 is 1.23 bits per heavy atom. The van der Waals surface area contributed by atoms with Crippen LogP contribution in [0.25, 0.3) is 0 Å². The highest BCUT2D eigenvalue weighted by Gasteiger charge is 2.25. The molecule has 0 fully saturated rings. The van der Waals surface area contributed by atoms with Crippen molar-refractivity contribution in [1.29, 1.82) is 0 Å². The molecule has 122 valence electrons. The highest BCUT2D eigenvalue weighted by atomic mass is 19.1. The molecule has 0 radical (unpaired) electrons. The van der Waals surface area contributed by atoms with Crippen LogP contribution in [0.4, 0.5) is 4.39 Å². The zero-order chi connectivity index (χ0) is 16.7. The fraction of sp³-hybridized carbons (Fsp3) is 0.500. The Bertz CT molecular complexity index is 518. The van der Waals surface area contributed by atoms with E-state index < -0.39 is 17.8 Å². The molecule has 0 aliphatic heterocycles. The Kier molecular flexibility index (Phi) is 6.98. The minimum atomic E-state index is -0.722. The van der Waals surface area contributed by atoms with E-state index in [1.54, 1.807) is 6.07 Å². The second kappa shape index (κ2) is 8.48. The van der Waals surface area contributed by atoms with Gasteiger partial charge in [0, 0.05) is 12.6 Å². The summed E-state index contributed by atoms with van der Waals surface area (Å²) in [7, 11) is 0. The third kappa shape index (κ3) is 5.44. The Hall–Kier alpha value is -1.95. The van der Waals surface area contributed by atoms with E-state index in [1.807, 2.05) is 20.8 Å². The SMILES string of the molecule is CC(N)CCNC(=O)C(NC(=O)c1ccccc1F)C(C)C. The molecule has 0 spiro atoms. The Labute approximate surface area is 130 Å². The summed E-state index contributed by atoms with van der Waals surface area (Å²) in [6.07, 6.45) is 0.651. The molecule has 0 aromatic heterocycles. The fourth-order valence-electron chi connectivity index (χ4n) is 1.93. The van der Waals surface area contributed by atoms with Gasteiger partial charge in [-0.1, -0.05) is 26.0 Å². The van der Waals surface area contributed by atoms with Crippen LogP contribution >= 0.6 is 0 Å². The summed E-state index contributed by atoms with van der Waals surface area (Å²) in [6, 6.07) is 4.95. The first kappa shape index (κ1) is 18.1. The van der Waals surface area contributed by atoms with Crippen molar-refractivity contribution < 1.29 is 14.0 Å². The fourth-order valence-corrected chi connectivity index (χ4v) is 1.93. The van der Waals surface area contributed by atoms with Gasteiger partial charge in [0.2, 0.25) is 5.91 Å². The molecule has 1 rings (SSSR count). The van der Waals surface area contributed by atoms with Gasteiger partial charge in [0.25, 0.3) is 5.91 Å². The van der Waals surface area contributed by atoms with Crippen molar-refractivity contribution in [3.05, 3.63) is 35.6 Å². The summed E-state index contributed by atoms with van der Waals surface area (Å²) in [5.74, 6) is -1.62. The lowest BCUT2D eigenvalue weighted by atomic mass is 10.0. The van der Waals surface area contributed by atoms with Crippen LogP contribution in [0, 0.1) is 11.7 Å². The zero-order valence-corrected chi connectivity index (χ0v) is 13.2. The van der Waals surface area contributed by atoms with Crippen molar-refractivity contribution in [2.75, 3.05) is 6.54 Å². The van der Waals surface area contributed by atoms with Crippen LogP contribution in [-0.4, -0.2) is 30.4 Å². The Morgan fingerprint density at radius 2 is 1.86 bits per heavy atom. The van der Waals surface area contributed by atoms with Crippen LogP contribution in [0.1, 0.15) is 37.6 Å². The predicted octanol–water partition coefficient (Wildman–Crippen LogP) is 1.43. The number of hydrogen-bond donors (Lipinski definition) is 3. The molecule has 0 aliphatic carbocycles. The Morgan fingerprint density at radius 3 is 2.41 bits per heavy atom. The third-order valence-electron chi connectivity index (χ3n) is 3.25. The molecular weight excluding hydrogens is 285 g/mol. The maximum Gasteiger partial charge on any atom is 0.254 e. The standard InChI is InChI=1S/C16H24FN3O2/c1-10(2)14(16(22)19-9-8-11(3)18)20-15(21)12-6-4-5-7-13(12)17/h4-7,10-11,14H,8-9,18H2,1-3H3,(H,19,22)(H,20,21). The average molecular weight is 309 g/mol. The first-order valence-electron chi connectivity index (χ1n) is 7.41. The van der Waals surface area contributed by atoms with E-state index in [2.05, 4.69) is 10.6 Å². The van der Waals surface area contributed by atoms with E-state index >= 15 is 0 Å². The molecule has 4 N–H and O–H groups in total. The van der Waals surface area contributed by atoms with Gasteiger partial charge in [-0.3, -0.25) is 9.59 Å². The molecule has 2 unspecified atom stereocenters. The van der Waals surface area contributed by atoms with Gasteiger partial charge in [-0.15, -0.1) is 0 Å². The lowest BCUT2D eigenvalue weighted by Crippen LogP contribution is -2.50. The highest BCUT2D eigenvalue weighted by molar-refractivity contribution is 5.97. The first-order chi connectivity index (χ1) is 10.3. The first-order valence-corrected chi connectivity index (χ1v) is 7.41. The van der Waals surface area contributed by atoms with Gasteiger partial charge in [-0.05, 0) is 31.4 Å². The number of nitrogens with one attached hydrogen (secondary N) is 2. The monoisotopic (exact) mass is 309 g/mol. The summed E-state index contributed by atoms with van der Waals surface area (Å²) >= 11 is 0. The Balaban J connectivity index is 2.70. The second-order valence-electron chi connectivity index (χ2n) is 5.73. The van der Waals surface area contributed by atoms with Crippen LogP contribution in [0.15, 0.2) is 24.3 Å². The maximum absolute atomic E-state index is 13.6. The second-order valence-corrected chi connectivity index (χ2v) is 5.73. The summed E-state index contributed by atoms with van der Waals surface area (Å²) in [5.41, 5.74) is 5.55. The molecule has 1 aromatic rings. The van der Waals surface area contributed by atoms with E-state index in [9.17, 15) is 14.0 Å². The quantitative estimate of drug-likeness (QED) is 0.712. The summed E-state index contributed by atoms with van der Waals surface area (Å²) in [6.45, 7) is 5.93. The number of carbonyl (C=O) groups is 2. The topological polar surface area (TPSA) is 84.2 Å². The number of amides is 2. The molecule has 0 saturated heterocycles. The molecule has 0 heterocycles. The molecule has 0 saturated carbocycles. The largest absolute Gasteiger partial charge is 0.354 e. The van der Waals surface area contributed by atoms with Gasteiger partial charge in [0.15, 0.2) is 0 Å². The number of nitrogens with two attached hydrogens (primary N) is 1. The zero-order valence-electron chi connectivity index (χ0n) is 13.2. The van der Waals surface area contributed by atoms with E-state index in [1.165, 1.54) is 18.2 Å². The smallest absolute Gasteiger partial charge is 0.254 e. The normalized spacial score (nSPS) is 13.5. The van der Waals surface area contributed by atoms with Crippen molar-refractivity contribution >= 4 is 11.8 Å². The summed E-state index contributed by atoms with van der Waals surface area (Å²) < 4.78 is 13.6. The predicted molar refractivity (Wildman–Crippen MR) is 83.8 cm³/mol. The van der Waals surface area contributed by atoms with Gasteiger partial charge in [0.1, 0.15) is 11.9 Å². The van der Waals surface area contributed by atoms with Crippen LogP contribution in [-0.2, 0) is 4.79 Å². The number of benzene rings is 1. The van der Waals surface area contributed by atoms with Gasteiger partial charge in [-0.25, -0.2) is 4.39 Å². The van der Waals surface area contributed by atoms with Crippen molar-refractivity contribution in [2.24, 2.45) is 11.7 Å². The van der Waals surface area contributed by atoms with E-state index in [0.717, 1.165) is 0 Å².